The molecule has 0 aliphatic carbocycles. The van der Waals surface area contributed by atoms with Crippen LogP contribution in [0.25, 0.3) is 21.5 Å². The van der Waals surface area contributed by atoms with Crippen molar-refractivity contribution >= 4 is 27.3 Å². The van der Waals surface area contributed by atoms with E-state index in [0.29, 0.717) is 11.4 Å². The van der Waals surface area contributed by atoms with Crippen LogP contribution in [-0.4, -0.2) is 15.8 Å². The molecule has 0 fully saturated rings. The zero-order valence-corrected chi connectivity index (χ0v) is 10.7. The Hall–Kier alpha value is -2.81. The second kappa shape index (κ2) is 4.10. The molecule has 0 unspecified atom stereocenters. The van der Waals surface area contributed by atoms with Gasteiger partial charge in [0, 0.05) is 23.2 Å². The van der Waals surface area contributed by atoms with Gasteiger partial charge in [0.2, 0.25) is 5.78 Å². The third-order valence-electron chi connectivity index (χ3n) is 3.66. The van der Waals surface area contributed by atoms with Crippen LogP contribution >= 0.6 is 0 Å². The van der Waals surface area contributed by atoms with E-state index >= 15 is 0 Å². The molecule has 0 bridgehead atoms. The summed E-state index contributed by atoms with van der Waals surface area (Å²) in [6.07, 6.45) is 3.74. The molecule has 0 spiro atoms. The Bertz CT molecular complexity index is 854. The van der Waals surface area contributed by atoms with E-state index in [4.69, 9.17) is 0 Å². The van der Waals surface area contributed by atoms with Crippen LogP contribution in [0.5, 0.6) is 0 Å². The first-order valence-corrected chi connectivity index (χ1v) is 6.51. The van der Waals surface area contributed by atoms with E-state index in [2.05, 4.69) is 9.97 Å². The van der Waals surface area contributed by atoms with Gasteiger partial charge in [-0.25, -0.2) is 0 Å². The van der Waals surface area contributed by atoms with Crippen molar-refractivity contribution in [2.45, 2.75) is 0 Å². The quantitative estimate of drug-likeness (QED) is 0.528. The molecule has 0 saturated heterocycles. The summed E-state index contributed by atoms with van der Waals surface area (Å²) in [5.41, 5.74) is 1.27. The molecule has 0 atom stereocenters. The van der Waals surface area contributed by atoms with Gasteiger partial charge in [0.1, 0.15) is 0 Å². The predicted octanol–water partition coefficient (Wildman–Crippen LogP) is 3.88. The highest BCUT2D eigenvalue weighted by atomic mass is 16.1. The number of aromatic nitrogens is 2. The van der Waals surface area contributed by atoms with E-state index in [9.17, 15) is 4.79 Å². The minimum absolute atomic E-state index is 0.00704. The van der Waals surface area contributed by atoms with Gasteiger partial charge in [-0.1, -0.05) is 48.5 Å². The molecule has 0 radical (unpaired) electrons. The van der Waals surface area contributed by atoms with E-state index < -0.39 is 0 Å². The van der Waals surface area contributed by atoms with Gasteiger partial charge in [-0.05, 0) is 10.8 Å². The lowest BCUT2D eigenvalue weighted by Gasteiger charge is -1.99. The van der Waals surface area contributed by atoms with Crippen molar-refractivity contribution < 1.29 is 4.79 Å². The van der Waals surface area contributed by atoms with Crippen LogP contribution < -0.4 is 0 Å². The molecule has 20 heavy (non-hydrogen) atoms. The Kier molecular flexibility index (Phi) is 2.27. The fourth-order valence-electron chi connectivity index (χ4n) is 2.66. The van der Waals surface area contributed by atoms with Gasteiger partial charge in [0.15, 0.2) is 0 Å². The normalized spacial score (nSPS) is 11.2. The molecule has 4 rings (SSSR count). The third-order valence-corrected chi connectivity index (χ3v) is 3.66. The fraction of sp³-hybridized carbons (Fsp3) is 0. The van der Waals surface area contributed by atoms with Gasteiger partial charge in [-0.15, -0.1) is 0 Å². The summed E-state index contributed by atoms with van der Waals surface area (Å²) in [6, 6.07) is 15.7. The summed E-state index contributed by atoms with van der Waals surface area (Å²) in [5, 5.41) is 4.01. The molecule has 3 heteroatoms. The zero-order chi connectivity index (χ0) is 13.5. The van der Waals surface area contributed by atoms with Crippen LogP contribution in [0.4, 0.5) is 0 Å². The molecule has 2 aromatic carbocycles. The van der Waals surface area contributed by atoms with Gasteiger partial charge in [0.25, 0.3) is 0 Å². The number of H-pyrrole nitrogens is 2. The van der Waals surface area contributed by atoms with Crippen LogP contribution in [0.2, 0.25) is 0 Å². The van der Waals surface area contributed by atoms with Crippen molar-refractivity contribution in [2.75, 3.05) is 0 Å². The number of rotatable bonds is 2. The van der Waals surface area contributed by atoms with Gasteiger partial charge < -0.3 is 9.97 Å². The number of fused-ring (bicyclic) bond motifs is 2. The highest BCUT2D eigenvalue weighted by molar-refractivity contribution is 6.19. The van der Waals surface area contributed by atoms with Gasteiger partial charge in [0.05, 0.1) is 11.4 Å². The minimum Gasteiger partial charge on any atom is -0.357 e. The molecule has 3 nitrogen and oxygen atoms in total. The lowest BCUT2D eigenvalue weighted by Crippen LogP contribution is -2.03. The Balaban J connectivity index is 1.92. The van der Waals surface area contributed by atoms with Crippen LogP contribution in [0.3, 0.4) is 0 Å². The van der Waals surface area contributed by atoms with Crippen LogP contribution in [0.15, 0.2) is 60.9 Å². The van der Waals surface area contributed by atoms with E-state index in [1.165, 1.54) is 0 Å². The predicted molar refractivity (Wildman–Crippen MR) is 80.0 cm³/mol. The molecule has 0 aliphatic heterocycles. The van der Waals surface area contributed by atoms with E-state index in [-0.39, 0.29) is 5.78 Å². The van der Waals surface area contributed by atoms with Crippen molar-refractivity contribution in [3.05, 3.63) is 72.3 Å². The maximum Gasteiger partial charge on any atom is 0.226 e. The molecule has 2 N–H and O–H groups in total. The summed E-state index contributed by atoms with van der Waals surface area (Å²) in [6.45, 7) is 0. The van der Waals surface area contributed by atoms with Crippen molar-refractivity contribution in [3.8, 4) is 0 Å². The lowest BCUT2D eigenvalue weighted by molar-refractivity contribution is 0.103. The molecular weight excluding hydrogens is 248 g/mol. The first-order chi connectivity index (χ1) is 9.84. The Morgan fingerprint density at radius 3 is 1.65 bits per heavy atom. The largest absolute Gasteiger partial charge is 0.357 e. The summed E-state index contributed by atoms with van der Waals surface area (Å²) < 4.78 is 0. The number of aromatic amines is 2. The molecule has 0 saturated carbocycles. The number of nitrogens with one attached hydrogen (secondary N) is 2. The van der Waals surface area contributed by atoms with Crippen molar-refractivity contribution in [1.82, 2.24) is 9.97 Å². The fourth-order valence-corrected chi connectivity index (χ4v) is 2.66. The summed E-state index contributed by atoms with van der Waals surface area (Å²) in [5.74, 6) is -0.00704. The highest BCUT2D eigenvalue weighted by Gasteiger charge is 2.17. The standard InChI is InChI=1S/C17H12N2O/c20-17(15-13-7-3-1-5-11(13)9-18-15)16-14-8-4-2-6-12(14)10-19-16/h1-10,18-19H. The third kappa shape index (κ3) is 1.50. The first-order valence-electron chi connectivity index (χ1n) is 6.51. The molecule has 0 amide bonds. The first kappa shape index (κ1) is 11.1. The number of hydrogen-bond donors (Lipinski definition) is 2. The number of carbonyl (C=O) groups is 1. The Morgan fingerprint density at radius 2 is 1.15 bits per heavy atom. The summed E-state index contributed by atoms with van der Waals surface area (Å²) >= 11 is 0. The summed E-state index contributed by atoms with van der Waals surface area (Å²) in [4.78, 5) is 18.9. The lowest BCUT2D eigenvalue weighted by atomic mass is 10.1. The summed E-state index contributed by atoms with van der Waals surface area (Å²) in [7, 11) is 0. The SMILES string of the molecule is O=C(c1[nH]cc2ccccc12)c1[nH]cc2ccccc12. The topological polar surface area (TPSA) is 48.6 Å². The highest BCUT2D eigenvalue weighted by Crippen LogP contribution is 2.24. The maximum atomic E-state index is 12.7. The van der Waals surface area contributed by atoms with E-state index in [1.807, 2.05) is 60.9 Å². The molecule has 96 valence electrons. The number of benzene rings is 2. The molecule has 0 aliphatic rings. The molecule has 2 aromatic heterocycles. The van der Waals surface area contributed by atoms with Crippen molar-refractivity contribution in [1.29, 1.82) is 0 Å². The van der Waals surface area contributed by atoms with Crippen molar-refractivity contribution in [3.63, 3.8) is 0 Å². The molecule has 2 heterocycles. The second-order valence-electron chi connectivity index (χ2n) is 4.83. The van der Waals surface area contributed by atoms with Crippen LogP contribution in [0.1, 0.15) is 16.2 Å². The monoisotopic (exact) mass is 260 g/mol. The van der Waals surface area contributed by atoms with Crippen molar-refractivity contribution in [2.24, 2.45) is 0 Å². The minimum atomic E-state index is -0.00704. The average molecular weight is 260 g/mol. The molecule has 4 aromatic rings. The number of carbonyl (C=O) groups excluding carboxylic acids is 1. The smallest absolute Gasteiger partial charge is 0.226 e. The van der Waals surface area contributed by atoms with Crippen LogP contribution in [0, 0.1) is 0 Å². The van der Waals surface area contributed by atoms with E-state index in [0.717, 1.165) is 21.5 Å². The Morgan fingerprint density at radius 1 is 0.700 bits per heavy atom. The molecular formula is C17H12N2O. The second-order valence-corrected chi connectivity index (χ2v) is 4.83. The van der Waals surface area contributed by atoms with E-state index in [1.54, 1.807) is 0 Å². The van der Waals surface area contributed by atoms with Gasteiger partial charge in [-0.3, -0.25) is 4.79 Å². The number of hydrogen-bond acceptors (Lipinski definition) is 1. The van der Waals surface area contributed by atoms with Crippen LogP contribution in [-0.2, 0) is 0 Å². The van der Waals surface area contributed by atoms with Gasteiger partial charge >= 0.3 is 0 Å². The average Bonchev–Trinajstić information content (AvgIpc) is 3.11. The van der Waals surface area contributed by atoms with Gasteiger partial charge in [-0.2, -0.15) is 0 Å². The Labute approximate surface area is 115 Å². The number of ketones is 1. The maximum absolute atomic E-state index is 12.7. The zero-order valence-electron chi connectivity index (χ0n) is 10.7.